The predicted molar refractivity (Wildman–Crippen MR) is 77.0 cm³/mol. The Morgan fingerprint density at radius 2 is 2.09 bits per heavy atom. The second-order valence-corrected chi connectivity index (χ2v) is 5.03. The van der Waals surface area contributed by atoms with Crippen LogP contribution in [0.5, 0.6) is 5.75 Å². The first kappa shape index (κ1) is 14.6. The van der Waals surface area contributed by atoms with Gasteiger partial charge in [0.15, 0.2) is 16.7 Å². The number of halogens is 3. The number of hydrogen-bond acceptors (Lipinski definition) is 5. The van der Waals surface area contributed by atoms with E-state index in [9.17, 15) is 14.3 Å². The molecule has 112 valence electrons. The highest BCUT2D eigenvalue weighted by atomic mass is 35.5. The fourth-order valence-corrected chi connectivity index (χ4v) is 2.15. The van der Waals surface area contributed by atoms with Gasteiger partial charge in [-0.15, -0.1) is 5.10 Å². The van der Waals surface area contributed by atoms with Gasteiger partial charge < -0.3 is 9.52 Å². The lowest BCUT2D eigenvalue weighted by atomic mass is 10.1. The van der Waals surface area contributed by atoms with E-state index < -0.39 is 17.0 Å². The quantitative estimate of drug-likeness (QED) is 0.774. The predicted octanol–water partition coefficient (Wildman–Crippen LogP) is 3.04. The zero-order chi connectivity index (χ0) is 15.9. The number of aromatic hydroxyl groups is 1. The van der Waals surface area contributed by atoms with Crippen LogP contribution in [-0.4, -0.2) is 20.1 Å². The van der Waals surface area contributed by atoms with Crippen LogP contribution in [0.3, 0.4) is 0 Å². The summed E-state index contributed by atoms with van der Waals surface area (Å²) in [5, 5.41) is 16.5. The third-order valence-corrected chi connectivity index (χ3v) is 3.31. The molecule has 0 fully saturated rings. The average molecular weight is 342 g/mol. The number of benzene rings is 1. The van der Waals surface area contributed by atoms with Crippen LogP contribution in [0.1, 0.15) is 0 Å². The molecule has 1 aromatic carbocycles. The standard InChI is InChI=1S/C13H6Cl2FN3O3/c14-6-1-2-7(19-4-11(15)17-18-19)12(13(6)16)10-3-8(20)9(21)5-22-10/h1-5,21H. The summed E-state index contributed by atoms with van der Waals surface area (Å²) in [6, 6.07) is 3.74. The molecular formula is C13H6Cl2FN3O3. The SMILES string of the molecule is O=c1cc(-c2c(-n3cc(Cl)nn3)ccc(Cl)c2F)occ1O. The molecule has 2 heterocycles. The van der Waals surface area contributed by atoms with Gasteiger partial charge in [0.2, 0.25) is 5.43 Å². The first-order chi connectivity index (χ1) is 10.5. The van der Waals surface area contributed by atoms with Gasteiger partial charge in [-0.05, 0) is 12.1 Å². The van der Waals surface area contributed by atoms with Crippen molar-refractivity contribution in [3.63, 3.8) is 0 Å². The summed E-state index contributed by atoms with van der Waals surface area (Å²) in [4.78, 5) is 11.5. The molecule has 0 aliphatic carbocycles. The van der Waals surface area contributed by atoms with E-state index >= 15 is 0 Å². The Morgan fingerprint density at radius 1 is 1.32 bits per heavy atom. The molecular weight excluding hydrogens is 336 g/mol. The summed E-state index contributed by atoms with van der Waals surface area (Å²) in [5.41, 5.74) is -0.607. The van der Waals surface area contributed by atoms with Crippen molar-refractivity contribution < 1.29 is 13.9 Å². The van der Waals surface area contributed by atoms with Crippen molar-refractivity contribution in [2.75, 3.05) is 0 Å². The molecule has 3 aromatic rings. The van der Waals surface area contributed by atoms with Crippen molar-refractivity contribution in [2.24, 2.45) is 0 Å². The third-order valence-electron chi connectivity index (χ3n) is 2.84. The first-order valence-corrected chi connectivity index (χ1v) is 6.61. The zero-order valence-corrected chi connectivity index (χ0v) is 12.1. The average Bonchev–Trinajstić information content (AvgIpc) is 2.91. The third kappa shape index (κ3) is 2.44. The maximum absolute atomic E-state index is 14.4. The van der Waals surface area contributed by atoms with Crippen molar-refractivity contribution in [2.45, 2.75) is 0 Å². The monoisotopic (exact) mass is 341 g/mol. The maximum atomic E-state index is 14.4. The molecule has 1 N–H and O–H groups in total. The topological polar surface area (TPSA) is 81.2 Å². The van der Waals surface area contributed by atoms with Crippen molar-refractivity contribution in [3.05, 3.63) is 56.9 Å². The molecule has 0 amide bonds. The minimum atomic E-state index is -0.806. The molecule has 2 aromatic heterocycles. The van der Waals surface area contributed by atoms with E-state index in [0.717, 1.165) is 12.3 Å². The first-order valence-electron chi connectivity index (χ1n) is 5.86. The van der Waals surface area contributed by atoms with Crippen LogP contribution >= 0.6 is 23.2 Å². The summed E-state index contributed by atoms with van der Waals surface area (Å²) in [6.07, 6.45) is 2.17. The lowest BCUT2D eigenvalue weighted by Crippen LogP contribution is -2.04. The van der Waals surface area contributed by atoms with E-state index in [1.165, 1.54) is 23.0 Å². The molecule has 0 spiro atoms. The second kappa shape index (κ2) is 5.43. The van der Waals surface area contributed by atoms with Crippen LogP contribution in [0.4, 0.5) is 4.39 Å². The molecule has 0 saturated carbocycles. The van der Waals surface area contributed by atoms with Gasteiger partial charge >= 0.3 is 0 Å². The fourth-order valence-electron chi connectivity index (χ4n) is 1.86. The van der Waals surface area contributed by atoms with E-state index in [4.69, 9.17) is 27.6 Å². The van der Waals surface area contributed by atoms with Gasteiger partial charge in [-0.2, -0.15) is 0 Å². The molecule has 0 aliphatic rings. The second-order valence-electron chi connectivity index (χ2n) is 4.24. The van der Waals surface area contributed by atoms with Gasteiger partial charge in [-0.25, -0.2) is 9.07 Å². The minimum absolute atomic E-state index is 0.105. The van der Waals surface area contributed by atoms with Crippen LogP contribution < -0.4 is 5.43 Å². The molecule has 0 bridgehead atoms. The highest BCUT2D eigenvalue weighted by molar-refractivity contribution is 6.31. The van der Waals surface area contributed by atoms with Crippen LogP contribution in [0.15, 0.2) is 39.9 Å². The smallest absolute Gasteiger partial charge is 0.227 e. The van der Waals surface area contributed by atoms with E-state index in [0.29, 0.717) is 0 Å². The van der Waals surface area contributed by atoms with Gasteiger partial charge in [0.1, 0.15) is 12.0 Å². The largest absolute Gasteiger partial charge is 0.502 e. The maximum Gasteiger partial charge on any atom is 0.227 e. The highest BCUT2D eigenvalue weighted by Gasteiger charge is 2.19. The van der Waals surface area contributed by atoms with Gasteiger partial charge in [-0.3, -0.25) is 4.79 Å². The molecule has 22 heavy (non-hydrogen) atoms. The van der Waals surface area contributed by atoms with Crippen molar-refractivity contribution in [3.8, 4) is 22.8 Å². The van der Waals surface area contributed by atoms with Crippen LogP contribution in [0, 0.1) is 5.82 Å². The Morgan fingerprint density at radius 3 is 2.73 bits per heavy atom. The lowest BCUT2D eigenvalue weighted by Gasteiger charge is -2.10. The summed E-state index contributed by atoms with van der Waals surface area (Å²) in [6.45, 7) is 0. The van der Waals surface area contributed by atoms with Crippen molar-refractivity contribution in [1.29, 1.82) is 0 Å². The van der Waals surface area contributed by atoms with E-state index in [1.54, 1.807) is 0 Å². The Balaban J connectivity index is 2.31. The van der Waals surface area contributed by atoms with Crippen LogP contribution in [0.2, 0.25) is 10.2 Å². The molecule has 0 radical (unpaired) electrons. The van der Waals surface area contributed by atoms with Crippen molar-refractivity contribution in [1.82, 2.24) is 15.0 Å². The van der Waals surface area contributed by atoms with Gasteiger partial charge in [0.05, 0.1) is 22.5 Å². The summed E-state index contributed by atoms with van der Waals surface area (Å²) in [7, 11) is 0. The van der Waals surface area contributed by atoms with Gasteiger partial charge in [-0.1, -0.05) is 28.4 Å². The zero-order valence-electron chi connectivity index (χ0n) is 10.6. The van der Waals surface area contributed by atoms with Gasteiger partial charge in [0, 0.05) is 6.07 Å². The molecule has 0 aliphatic heterocycles. The molecule has 6 nitrogen and oxygen atoms in total. The van der Waals surface area contributed by atoms with E-state index in [-0.39, 0.29) is 27.2 Å². The Kier molecular flexibility index (Phi) is 3.59. The number of nitrogens with zero attached hydrogens (tertiary/aromatic N) is 3. The lowest BCUT2D eigenvalue weighted by molar-refractivity contribution is 0.432. The molecule has 3 rings (SSSR count). The summed E-state index contributed by atoms with van der Waals surface area (Å²) >= 11 is 11.5. The van der Waals surface area contributed by atoms with E-state index in [1.807, 2.05) is 0 Å². The number of aromatic nitrogens is 3. The summed E-state index contributed by atoms with van der Waals surface area (Å²) in [5.74, 6) is -1.51. The van der Waals surface area contributed by atoms with E-state index in [2.05, 4.69) is 10.3 Å². The Hall–Kier alpha value is -2.38. The Labute approximate surface area is 132 Å². The molecule has 0 saturated heterocycles. The normalized spacial score (nSPS) is 10.9. The Bertz CT molecular complexity index is 923. The van der Waals surface area contributed by atoms with Gasteiger partial charge in [0.25, 0.3) is 0 Å². The number of hydrogen-bond donors (Lipinski definition) is 1. The van der Waals surface area contributed by atoms with Crippen LogP contribution in [0.25, 0.3) is 17.0 Å². The molecule has 0 unspecified atom stereocenters. The molecule has 0 atom stereocenters. The fraction of sp³-hybridized carbons (Fsp3) is 0. The van der Waals surface area contributed by atoms with Crippen LogP contribution in [-0.2, 0) is 0 Å². The molecule has 9 heteroatoms. The highest BCUT2D eigenvalue weighted by Crippen LogP contribution is 2.33. The number of rotatable bonds is 2. The minimum Gasteiger partial charge on any atom is -0.502 e. The summed E-state index contributed by atoms with van der Waals surface area (Å²) < 4.78 is 20.7. The van der Waals surface area contributed by atoms with Crippen molar-refractivity contribution >= 4 is 23.2 Å².